The van der Waals surface area contributed by atoms with E-state index in [-0.39, 0.29) is 17.4 Å². The van der Waals surface area contributed by atoms with Crippen LogP contribution >= 0.6 is 0 Å². The lowest BCUT2D eigenvalue weighted by atomic mass is 9.95. The fourth-order valence-electron chi connectivity index (χ4n) is 3.87. The van der Waals surface area contributed by atoms with Gasteiger partial charge in [-0.1, -0.05) is 37.6 Å². The number of rotatable bonds is 9. The van der Waals surface area contributed by atoms with Crippen molar-refractivity contribution in [2.75, 3.05) is 13.2 Å². The average Bonchev–Trinajstić information content (AvgIpc) is 3.02. The third-order valence-corrected chi connectivity index (χ3v) is 5.26. The summed E-state index contributed by atoms with van der Waals surface area (Å²) in [7, 11) is 0. The van der Waals surface area contributed by atoms with Gasteiger partial charge in [-0.25, -0.2) is 0 Å². The molecule has 0 aliphatic carbocycles. The number of hydrogen-bond acceptors (Lipinski definition) is 5. The van der Waals surface area contributed by atoms with Crippen LogP contribution in [0.15, 0.2) is 54.1 Å². The molecule has 0 saturated carbocycles. The normalized spacial score (nSPS) is 17.8. The van der Waals surface area contributed by atoms with Gasteiger partial charge < -0.3 is 19.5 Å². The maximum atomic E-state index is 13.1. The molecule has 1 aliphatic rings. The predicted octanol–water partition coefficient (Wildman–Crippen LogP) is 5.09. The lowest BCUT2D eigenvalue weighted by molar-refractivity contribution is -0.139. The molecule has 6 nitrogen and oxygen atoms in total. The summed E-state index contributed by atoms with van der Waals surface area (Å²) in [5.74, 6) is -0.247. The van der Waals surface area contributed by atoms with E-state index in [0.29, 0.717) is 30.2 Å². The summed E-state index contributed by atoms with van der Waals surface area (Å²) < 4.78 is 11.4. The number of ether oxygens (including phenoxy) is 2. The van der Waals surface area contributed by atoms with Crippen LogP contribution in [0.25, 0.3) is 5.76 Å². The van der Waals surface area contributed by atoms with Gasteiger partial charge in [-0.15, -0.1) is 0 Å². The lowest BCUT2D eigenvalue weighted by Gasteiger charge is -2.25. The zero-order valence-electron chi connectivity index (χ0n) is 19.1. The van der Waals surface area contributed by atoms with Crippen LogP contribution in [0.4, 0.5) is 0 Å². The summed E-state index contributed by atoms with van der Waals surface area (Å²) in [5.41, 5.74) is 1.24. The van der Waals surface area contributed by atoms with Crippen LogP contribution in [0, 0.1) is 0 Å². The first-order valence-electron chi connectivity index (χ1n) is 11.2. The zero-order chi connectivity index (χ0) is 23.3. The van der Waals surface area contributed by atoms with Gasteiger partial charge in [0.15, 0.2) is 0 Å². The van der Waals surface area contributed by atoms with E-state index in [2.05, 4.69) is 0 Å². The number of carbonyl (C=O) groups is 2. The Balaban J connectivity index is 2.13. The summed E-state index contributed by atoms with van der Waals surface area (Å²) in [6.45, 7) is 8.68. The van der Waals surface area contributed by atoms with Crippen molar-refractivity contribution >= 4 is 17.4 Å². The molecule has 2 aromatic rings. The molecule has 1 unspecified atom stereocenters. The van der Waals surface area contributed by atoms with Gasteiger partial charge in [-0.05, 0) is 57.0 Å². The second-order valence-electron chi connectivity index (χ2n) is 8.05. The molecule has 0 bridgehead atoms. The van der Waals surface area contributed by atoms with Crippen molar-refractivity contribution in [1.82, 2.24) is 4.90 Å². The van der Waals surface area contributed by atoms with Gasteiger partial charge in [-0.3, -0.25) is 9.59 Å². The van der Waals surface area contributed by atoms with E-state index in [1.54, 1.807) is 29.2 Å². The number of aliphatic hydroxyl groups excluding tert-OH is 1. The SMILES string of the molecule is CCCCN1C(=O)C(=O)/C(=C(\O)c2cccc(OC(C)C)c2)C1c1cccc(OCC)c1. The van der Waals surface area contributed by atoms with Gasteiger partial charge in [0, 0.05) is 12.1 Å². The fourth-order valence-corrected chi connectivity index (χ4v) is 3.87. The summed E-state index contributed by atoms with van der Waals surface area (Å²) in [6.07, 6.45) is 1.60. The molecule has 32 heavy (non-hydrogen) atoms. The first-order chi connectivity index (χ1) is 15.4. The Morgan fingerprint density at radius 1 is 1.06 bits per heavy atom. The number of benzene rings is 2. The number of aliphatic hydroxyl groups is 1. The van der Waals surface area contributed by atoms with Gasteiger partial charge in [-0.2, -0.15) is 0 Å². The molecule has 1 saturated heterocycles. The molecule has 2 aromatic carbocycles. The van der Waals surface area contributed by atoms with Gasteiger partial charge in [0.1, 0.15) is 17.3 Å². The van der Waals surface area contributed by atoms with Gasteiger partial charge in [0.25, 0.3) is 11.7 Å². The Morgan fingerprint density at radius 3 is 2.47 bits per heavy atom. The number of Topliss-reactive ketones (excluding diaryl/α,β-unsaturated/α-hetero) is 1. The Hall–Kier alpha value is -3.28. The molecule has 170 valence electrons. The van der Waals surface area contributed by atoms with E-state index in [4.69, 9.17) is 9.47 Å². The van der Waals surface area contributed by atoms with E-state index in [0.717, 1.165) is 18.4 Å². The molecular weight excluding hydrogens is 406 g/mol. The third kappa shape index (κ3) is 4.96. The van der Waals surface area contributed by atoms with Crippen LogP contribution in [-0.4, -0.2) is 41.0 Å². The van der Waals surface area contributed by atoms with Gasteiger partial charge >= 0.3 is 0 Å². The zero-order valence-corrected chi connectivity index (χ0v) is 19.1. The molecule has 0 aromatic heterocycles. The monoisotopic (exact) mass is 437 g/mol. The highest BCUT2D eigenvalue weighted by atomic mass is 16.5. The van der Waals surface area contributed by atoms with Gasteiger partial charge in [0.2, 0.25) is 0 Å². The van der Waals surface area contributed by atoms with E-state index in [9.17, 15) is 14.7 Å². The van der Waals surface area contributed by atoms with Crippen molar-refractivity contribution in [3.8, 4) is 11.5 Å². The first-order valence-corrected chi connectivity index (χ1v) is 11.2. The number of amides is 1. The van der Waals surface area contributed by atoms with E-state index in [1.807, 2.05) is 52.0 Å². The largest absolute Gasteiger partial charge is 0.507 e. The Labute approximate surface area is 189 Å². The summed E-state index contributed by atoms with van der Waals surface area (Å²) in [4.78, 5) is 27.6. The Morgan fingerprint density at radius 2 is 1.78 bits per heavy atom. The minimum atomic E-state index is -0.684. The number of likely N-dealkylation sites (tertiary alicyclic amines) is 1. The standard InChI is InChI=1S/C26H31NO5/c1-5-7-14-27-23(18-10-8-12-20(15-18)31-6-2)22(25(29)26(27)30)24(28)19-11-9-13-21(16-19)32-17(3)4/h8-13,15-17,23,28H,5-7,14H2,1-4H3/b24-22-. The maximum absolute atomic E-state index is 13.1. The van der Waals surface area contributed by atoms with Crippen molar-refractivity contribution in [2.24, 2.45) is 0 Å². The number of ketones is 1. The molecule has 1 N–H and O–H groups in total. The van der Waals surface area contributed by atoms with Crippen LogP contribution in [0.3, 0.4) is 0 Å². The molecule has 0 radical (unpaired) electrons. The third-order valence-electron chi connectivity index (χ3n) is 5.26. The molecule has 3 rings (SSSR count). The summed E-state index contributed by atoms with van der Waals surface area (Å²) >= 11 is 0. The first kappa shape index (κ1) is 23.4. The second-order valence-corrected chi connectivity index (χ2v) is 8.05. The molecule has 1 aliphatic heterocycles. The quantitative estimate of drug-likeness (QED) is 0.336. The molecule has 0 spiro atoms. The molecule has 1 heterocycles. The summed E-state index contributed by atoms with van der Waals surface area (Å²) in [5, 5.41) is 11.2. The van der Waals surface area contributed by atoms with Crippen molar-refractivity contribution in [3.63, 3.8) is 0 Å². The predicted molar refractivity (Wildman–Crippen MR) is 124 cm³/mol. The average molecular weight is 438 g/mol. The molecular formula is C26H31NO5. The Bertz CT molecular complexity index is 1010. The smallest absolute Gasteiger partial charge is 0.295 e. The van der Waals surface area contributed by atoms with Gasteiger partial charge in [0.05, 0.1) is 24.3 Å². The van der Waals surface area contributed by atoms with Crippen LogP contribution in [0.5, 0.6) is 11.5 Å². The molecule has 6 heteroatoms. The van der Waals surface area contributed by atoms with Crippen LogP contribution in [0.2, 0.25) is 0 Å². The van der Waals surface area contributed by atoms with Crippen LogP contribution < -0.4 is 9.47 Å². The molecule has 1 atom stereocenters. The van der Waals surface area contributed by atoms with E-state index < -0.39 is 17.7 Å². The maximum Gasteiger partial charge on any atom is 0.295 e. The topological polar surface area (TPSA) is 76.1 Å². The number of nitrogens with zero attached hydrogens (tertiary/aromatic N) is 1. The highest BCUT2D eigenvalue weighted by Gasteiger charge is 2.45. The lowest BCUT2D eigenvalue weighted by Crippen LogP contribution is -2.30. The molecule has 1 amide bonds. The summed E-state index contributed by atoms with van der Waals surface area (Å²) in [6, 6.07) is 13.6. The number of unbranched alkanes of at least 4 members (excludes halogenated alkanes) is 1. The highest BCUT2D eigenvalue weighted by molar-refractivity contribution is 6.46. The van der Waals surface area contributed by atoms with Crippen LogP contribution in [0.1, 0.15) is 57.7 Å². The van der Waals surface area contributed by atoms with Crippen molar-refractivity contribution in [3.05, 3.63) is 65.2 Å². The second kappa shape index (κ2) is 10.4. The Kier molecular flexibility index (Phi) is 7.57. The molecule has 1 fully saturated rings. The minimum absolute atomic E-state index is 0.0340. The minimum Gasteiger partial charge on any atom is -0.507 e. The number of carbonyl (C=O) groups excluding carboxylic acids is 2. The fraction of sp³-hybridized carbons (Fsp3) is 0.385. The van der Waals surface area contributed by atoms with Crippen molar-refractivity contribution in [2.45, 2.75) is 52.7 Å². The number of hydrogen-bond donors (Lipinski definition) is 1. The van der Waals surface area contributed by atoms with Crippen molar-refractivity contribution in [1.29, 1.82) is 0 Å². The van der Waals surface area contributed by atoms with E-state index in [1.165, 1.54) is 0 Å². The highest BCUT2D eigenvalue weighted by Crippen LogP contribution is 2.40. The van der Waals surface area contributed by atoms with E-state index >= 15 is 0 Å². The van der Waals surface area contributed by atoms with Crippen LogP contribution in [-0.2, 0) is 9.59 Å². The van der Waals surface area contributed by atoms with Crippen molar-refractivity contribution < 1.29 is 24.2 Å².